The Labute approximate surface area is 197 Å². The molecule has 1 saturated heterocycles. The van der Waals surface area contributed by atoms with E-state index in [1.54, 1.807) is 20.2 Å². The molecule has 0 unspecified atom stereocenters. The van der Waals surface area contributed by atoms with E-state index in [0.717, 1.165) is 23.8 Å². The third-order valence-corrected chi connectivity index (χ3v) is 7.14. The number of nitrogens with zero attached hydrogens (tertiary/aromatic N) is 5. The van der Waals surface area contributed by atoms with Gasteiger partial charge >= 0.3 is 18.4 Å². The van der Waals surface area contributed by atoms with Crippen molar-refractivity contribution in [3.63, 3.8) is 0 Å². The van der Waals surface area contributed by atoms with Gasteiger partial charge in [0.15, 0.2) is 0 Å². The summed E-state index contributed by atoms with van der Waals surface area (Å²) >= 11 is 0. The Morgan fingerprint density at radius 1 is 1.09 bits per heavy atom. The van der Waals surface area contributed by atoms with Crippen molar-refractivity contribution in [3.05, 3.63) is 17.7 Å². The highest BCUT2D eigenvalue weighted by Gasteiger charge is 2.60. The number of ether oxygens (including phenoxy) is 1. The van der Waals surface area contributed by atoms with E-state index in [1.807, 2.05) is 4.57 Å². The molecule has 0 aromatic carbocycles. The van der Waals surface area contributed by atoms with Gasteiger partial charge in [0.1, 0.15) is 11.5 Å². The molecule has 1 aromatic rings. The van der Waals surface area contributed by atoms with Crippen LogP contribution in [-0.2, 0) is 17.8 Å². The molecular formula is C21H27F6N5O3. The first-order valence-corrected chi connectivity index (χ1v) is 11.4. The average molecular weight is 511 g/mol. The Morgan fingerprint density at radius 3 is 2.23 bits per heavy atom. The highest BCUT2D eigenvalue weighted by Crippen LogP contribution is 2.37. The lowest BCUT2D eigenvalue weighted by atomic mass is 9.88. The monoisotopic (exact) mass is 511 g/mol. The van der Waals surface area contributed by atoms with Crippen molar-refractivity contribution in [2.75, 3.05) is 26.7 Å². The molecule has 2 amide bonds. The molecule has 196 valence electrons. The summed E-state index contributed by atoms with van der Waals surface area (Å²) < 4.78 is 81.9. The molecule has 35 heavy (non-hydrogen) atoms. The number of rotatable bonds is 4. The van der Waals surface area contributed by atoms with Gasteiger partial charge < -0.3 is 19.1 Å². The molecule has 0 bridgehead atoms. The van der Waals surface area contributed by atoms with Gasteiger partial charge in [0.25, 0.3) is 12.0 Å². The number of carbonyl (C=O) groups excluding carboxylic acids is 2. The van der Waals surface area contributed by atoms with Crippen molar-refractivity contribution in [1.29, 1.82) is 0 Å². The first kappa shape index (κ1) is 25.6. The van der Waals surface area contributed by atoms with Crippen LogP contribution in [0.3, 0.4) is 0 Å². The molecule has 3 heterocycles. The van der Waals surface area contributed by atoms with E-state index in [9.17, 15) is 35.9 Å². The fraction of sp³-hybridized carbons (Fsp3) is 0.762. The van der Waals surface area contributed by atoms with Gasteiger partial charge in [-0.1, -0.05) is 0 Å². The number of amides is 2. The number of imidazole rings is 1. The maximum absolute atomic E-state index is 13.2. The number of halogens is 6. The Hall–Kier alpha value is -2.51. The van der Waals surface area contributed by atoms with Gasteiger partial charge in [-0.05, 0) is 32.6 Å². The summed E-state index contributed by atoms with van der Waals surface area (Å²) in [6, 6.07) is 0.584. The molecule has 1 aromatic heterocycles. The molecule has 2 aliphatic heterocycles. The van der Waals surface area contributed by atoms with Gasteiger partial charge in [-0.2, -0.15) is 26.3 Å². The third-order valence-electron chi connectivity index (χ3n) is 7.14. The maximum atomic E-state index is 13.2. The van der Waals surface area contributed by atoms with Crippen LogP contribution in [0.5, 0.6) is 0 Å². The van der Waals surface area contributed by atoms with E-state index in [4.69, 9.17) is 0 Å². The number of piperidine rings is 1. The lowest BCUT2D eigenvalue weighted by Crippen LogP contribution is -2.56. The van der Waals surface area contributed by atoms with Crippen LogP contribution in [0.4, 0.5) is 31.1 Å². The van der Waals surface area contributed by atoms with Crippen molar-refractivity contribution in [2.45, 2.75) is 75.7 Å². The van der Waals surface area contributed by atoms with Crippen LogP contribution in [0.2, 0.25) is 0 Å². The summed E-state index contributed by atoms with van der Waals surface area (Å²) in [5.74, 6) is 0.476. The number of aromatic nitrogens is 2. The second kappa shape index (κ2) is 8.86. The summed E-state index contributed by atoms with van der Waals surface area (Å²) in [6.45, 7) is 3.74. The molecule has 0 spiro atoms. The fourth-order valence-corrected chi connectivity index (χ4v) is 4.54. The zero-order chi connectivity index (χ0) is 25.8. The molecule has 2 fully saturated rings. The first-order chi connectivity index (χ1) is 16.2. The van der Waals surface area contributed by atoms with Crippen LogP contribution >= 0.6 is 0 Å². The highest BCUT2D eigenvalue weighted by molar-refractivity contribution is 5.92. The molecule has 0 radical (unpaired) electrons. The summed E-state index contributed by atoms with van der Waals surface area (Å²) in [5, 5.41) is 0. The van der Waals surface area contributed by atoms with Crippen LogP contribution in [-0.4, -0.2) is 93.0 Å². The fourth-order valence-electron chi connectivity index (χ4n) is 4.54. The Morgan fingerprint density at radius 2 is 1.69 bits per heavy atom. The lowest BCUT2D eigenvalue weighted by Gasteiger charge is -2.44. The SMILES string of the molecule is CN(C(=O)c1cn2c(n1)CN(C1CC1)CC2)C1(C)CCN(C(=O)OC(C(F)(F)F)C(F)(F)F)CC1. The molecule has 0 N–H and O–H groups in total. The van der Waals surface area contributed by atoms with Crippen molar-refractivity contribution in [3.8, 4) is 0 Å². The summed E-state index contributed by atoms with van der Waals surface area (Å²) in [5.41, 5.74) is -0.493. The minimum absolute atomic E-state index is 0.149. The van der Waals surface area contributed by atoms with Crippen molar-refractivity contribution in [2.24, 2.45) is 0 Å². The molecule has 1 aliphatic carbocycles. The van der Waals surface area contributed by atoms with E-state index in [0.29, 0.717) is 12.6 Å². The Kier molecular flexibility index (Phi) is 6.47. The molecule has 14 heteroatoms. The van der Waals surface area contributed by atoms with Crippen molar-refractivity contribution < 1.29 is 40.7 Å². The van der Waals surface area contributed by atoms with Gasteiger partial charge in [0.05, 0.1) is 6.54 Å². The van der Waals surface area contributed by atoms with Gasteiger partial charge in [-0.3, -0.25) is 9.69 Å². The standard InChI is InChI=1S/C21H27F6N5O3/c1-19(5-7-30(8-6-19)18(34)35-17(20(22,23)24)21(25,26)27)29(2)16(33)14-11-32-10-9-31(13-3-4-13)12-15(32)28-14/h11,13,17H,3-10,12H2,1-2H3. The molecule has 0 atom stereocenters. The minimum atomic E-state index is -5.77. The van der Waals surface area contributed by atoms with Gasteiger partial charge in [-0.15, -0.1) is 0 Å². The number of hydrogen-bond acceptors (Lipinski definition) is 5. The average Bonchev–Trinajstić information content (AvgIpc) is 3.53. The molecule has 1 saturated carbocycles. The Bertz CT molecular complexity index is 952. The molecule has 4 rings (SSSR count). The number of carbonyl (C=O) groups is 2. The minimum Gasteiger partial charge on any atom is -0.426 e. The quantitative estimate of drug-likeness (QED) is 0.580. The predicted molar refractivity (Wildman–Crippen MR) is 109 cm³/mol. The van der Waals surface area contributed by atoms with Crippen LogP contribution < -0.4 is 0 Å². The van der Waals surface area contributed by atoms with Gasteiger partial charge in [0, 0.05) is 51.0 Å². The zero-order valence-corrected chi connectivity index (χ0v) is 19.3. The third kappa shape index (κ3) is 5.36. The van der Waals surface area contributed by atoms with Crippen molar-refractivity contribution >= 4 is 12.0 Å². The van der Waals surface area contributed by atoms with Crippen LogP contribution in [0, 0.1) is 0 Å². The molecule has 3 aliphatic rings. The largest absolute Gasteiger partial charge is 0.434 e. The maximum Gasteiger partial charge on any atom is 0.434 e. The van der Waals surface area contributed by atoms with E-state index in [1.165, 1.54) is 17.7 Å². The first-order valence-electron chi connectivity index (χ1n) is 11.4. The molecule has 8 nitrogen and oxygen atoms in total. The number of fused-ring (bicyclic) bond motifs is 1. The highest BCUT2D eigenvalue weighted by atomic mass is 19.4. The second-order valence-electron chi connectivity index (χ2n) is 9.63. The van der Waals surface area contributed by atoms with E-state index in [-0.39, 0.29) is 37.5 Å². The van der Waals surface area contributed by atoms with Crippen LogP contribution in [0.1, 0.15) is 48.9 Å². The zero-order valence-electron chi connectivity index (χ0n) is 19.3. The molecular weight excluding hydrogens is 484 g/mol. The normalized spacial score (nSPS) is 21.1. The van der Waals surface area contributed by atoms with E-state index >= 15 is 0 Å². The summed E-state index contributed by atoms with van der Waals surface area (Å²) in [6.07, 6.45) is -13.1. The van der Waals surface area contributed by atoms with Crippen molar-refractivity contribution in [1.82, 2.24) is 24.3 Å². The predicted octanol–water partition coefficient (Wildman–Crippen LogP) is 3.42. The second-order valence-corrected chi connectivity index (χ2v) is 9.63. The Balaban J connectivity index is 1.36. The topological polar surface area (TPSA) is 70.9 Å². The smallest absolute Gasteiger partial charge is 0.426 e. The summed E-state index contributed by atoms with van der Waals surface area (Å²) in [4.78, 5) is 34.3. The number of likely N-dealkylation sites (tertiary alicyclic amines) is 1. The number of hydrogen-bond donors (Lipinski definition) is 0. The van der Waals surface area contributed by atoms with Gasteiger partial charge in [-0.25, -0.2) is 9.78 Å². The summed E-state index contributed by atoms with van der Waals surface area (Å²) in [7, 11) is 1.58. The lowest BCUT2D eigenvalue weighted by molar-refractivity contribution is -0.308. The van der Waals surface area contributed by atoms with E-state index < -0.39 is 30.1 Å². The van der Waals surface area contributed by atoms with Crippen LogP contribution in [0.25, 0.3) is 0 Å². The number of alkyl halides is 6. The van der Waals surface area contributed by atoms with Gasteiger partial charge in [0.2, 0.25) is 0 Å². The van der Waals surface area contributed by atoms with E-state index in [2.05, 4.69) is 14.6 Å². The van der Waals surface area contributed by atoms with Crippen LogP contribution in [0.15, 0.2) is 6.20 Å².